The summed E-state index contributed by atoms with van der Waals surface area (Å²) in [7, 11) is 0. The molecule has 5 nitrogen and oxygen atoms in total. The number of amides is 2. The van der Waals surface area contributed by atoms with Crippen molar-refractivity contribution in [3.63, 3.8) is 0 Å². The van der Waals surface area contributed by atoms with Gasteiger partial charge in [-0.05, 0) is 24.3 Å². The molecule has 1 aliphatic heterocycles. The Kier molecular flexibility index (Phi) is 4.11. The number of carbonyl (C=O) groups excluding carboxylic acids is 2. The number of fused-ring (bicyclic) bond motifs is 1. The lowest BCUT2D eigenvalue weighted by atomic mass is 10.1. The molecule has 1 atom stereocenters. The van der Waals surface area contributed by atoms with Gasteiger partial charge in [0.15, 0.2) is 17.7 Å². The number of halogens is 3. The van der Waals surface area contributed by atoms with Crippen molar-refractivity contribution in [2.75, 3.05) is 11.4 Å². The van der Waals surface area contributed by atoms with E-state index in [-0.39, 0.29) is 22.9 Å². The number of nitrogens with zero attached hydrogens (tertiary/aromatic N) is 1. The third-order valence-corrected chi connectivity index (χ3v) is 3.89. The number of benzene rings is 2. The Balaban J connectivity index is 2.06. The highest BCUT2D eigenvalue weighted by molar-refractivity contribution is 6.34. The summed E-state index contributed by atoms with van der Waals surface area (Å²) in [5, 5.41) is -0.238. The van der Waals surface area contributed by atoms with Crippen molar-refractivity contribution < 1.29 is 23.1 Å². The average molecular weight is 353 g/mol. The minimum atomic E-state index is -1.20. The second-order valence-electron chi connectivity index (χ2n) is 5.14. The molecule has 0 unspecified atom stereocenters. The molecule has 124 valence electrons. The fraction of sp³-hybridized carbons (Fsp3) is 0.125. The quantitative estimate of drug-likeness (QED) is 0.844. The van der Waals surface area contributed by atoms with Crippen LogP contribution in [0.1, 0.15) is 10.4 Å². The Morgan fingerprint density at radius 3 is 2.58 bits per heavy atom. The van der Waals surface area contributed by atoms with Crippen molar-refractivity contribution in [1.82, 2.24) is 0 Å². The zero-order chi connectivity index (χ0) is 17.4. The lowest BCUT2D eigenvalue weighted by Gasteiger charge is -2.33. The van der Waals surface area contributed by atoms with E-state index in [1.54, 1.807) is 24.3 Å². The van der Waals surface area contributed by atoms with Crippen molar-refractivity contribution in [1.29, 1.82) is 0 Å². The van der Waals surface area contributed by atoms with Crippen LogP contribution in [0.15, 0.2) is 36.4 Å². The van der Waals surface area contributed by atoms with Crippen molar-refractivity contribution in [3.05, 3.63) is 58.6 Å². The van der Waals surface area contributed by atoms with Gasteiger partial charge >= 0.3 is 0 Å². The minimum Gasteiger partial charge on any atom is -0.477 e. The van der Waals surface area contributed by atoms with Gasteiger partial charge in [-0.1, -0.05) is 23.7 Å². The van der Waals surface area contributed by atoms with E-state index in [0.29, 0.717) is 5.69 Å². The molecule has 0 bridgehead atoms. The molecule has 2 N–H and O–H groups in total. The Hall–Kier alpha value is -2.67. The maximum atomic E-state index is 13.5. The zero-order valence-electron chi connectivity index (χ0n) is 12.1. The minimum absolute atomic E-state index is 0.166. The van der Waals surface area contributed by atoms with Gasteiger partial charge in [0.1, 0.15) is 5.75 Å². The largest absolute Gasteiger partial charge is 0.477 e. The summed E-state index contributed by atoms with van der Waals surface area (Å²) in [5.74, 6) is -3.52. The number of para-hydroxylation sites is 2. The van der Waals surface area contributed by atoms with Crippen molar-refractivity contribution in [2.45, 2.75) is 6.10 Å². The van der Waals surface area contributed by atoms with Crippen LogP contribution in [-0.4, -0.2) is 24.5 Å². The van der Waals surface area contributed by atoms with Crippen LogP contribution in [0.5, 0.6) is 5.75 Å². The highest BCUT2D eigenvalue weighted by Gasteiger charge is 2.34. The number of primary amides is 1. The molecule has 1 aliphatic rings. The van der Waals surface area contributed by atoms with Crippen LogP contribution in [0.2, 0.25) is 5.02 Å². The maximum Gasteiger partial charge on any atom is 0.260 e. The summed E-state index contributed by atoms with van der Waals surface area (Å²) in [6, 6.07) is 7.94. The van der Waals surface area contributed by atoms with E-state index < -0.39 is 29.6 Å². The lowest BCUT2D eigenvalue weighted by Crippen LogP contribution is -2.49. The van der Waals surface area contributed by atoms with Crippen LogP contribution >= 0.6 is 11.6 Å². The van der Waals surface area contributed by atoms with E-state index in [0.717, 1.165) is 12.1 Å². The molecule has 0 spiro atoms. The fourth-order valence-electron chi connectivity index (χ4n) is 2.41. The molecule has 0 saturated carbocycles. The van der Waals surface area contributed by atoms with E-state index in [2.05, 4.69) is 0 Å². The average Bonchev–Trinajstić information content (AvgIpc) is 2.56. The van der Waals surface area contributed by atoms with Crippen molar-refractivity contribution in [3.8, 4) is 5.75 Å². The second kappa shape index (κ2) is 6.09. The van der Waals surface area contributed by atoms with E-state index in [4.69, 9.17) is 22.1 Å². The number of ether oxygens (including phenoxy) is 1. The van der Waals surface area contributed by atoms with Gasteiger partial charge in [-0.15, -0.1) is 0 Å². The standard InChI is InChI=1S/C16H11ClF2N2O3/c17-9-6-11(19)10(18)5-8(9)16(23)21-7-14(15(20)22)24-13-4-2-1-3-12(13)21/h1-6,14H,7H2,(H2,20,22)/t14-/m1/s1. The fourth-order valence-corrected chi connectivity index (χ4v) is 2.64. The third kappa shape index (κ3) is 2.78. The van der Waals surface area contributed by atoms with Gasteiger partial charge < -0.3 is 15.4 Å². The molecule has 2 amide bonds. The number of carbonyl (C=O) groups is 2. The van der Waals surface area contributed by atoms with Crippen LogP contribution < -0.4 is 15.4 Å². The molecule has 2 aromatic rings. The predicted molar refractivity (Wildman–Crippen MR) is 83.1 cm³/mol. The Morgan fingerprint density at radius 2 is 1.88 bits per heavy atom. The normalized spacial score (nSPS) is 16.3. The molecule has 24 heavy (non-hydrogen) atoms. The lowest BCUT2D eigenvalue weighted by molar-refractivity contribution is -0.124. The summed E-state index contributed by atoms with van der Waals surface area (Å²) in [5.41, 5.74) is 5.41. The van der Waals surface area contributed by atoms with Crippen LogP contribution in [0.3, 0.4) is 0 Å². The molecule has 3 rings (SSSR count). The van der Waals surface area contributed by atoms with E-state index >= 15 is 0 Å². The Labute approximate surface area is 140 Å². The van der Waals surface area contributed by atoms with Crippen molar-refractivity contribution in [2.24, 2.45) is 5.73 Å². The molecular formula is C16H11ClF2N2O3. The first-order chi connectivity index (χ1) is 11.4. The molecule has 0 radical (unpaired) electrons. The first-order valence-electron chi connectivity index (χ1n) is 6.90. The van der Waals surface area contributed by atoms with Crippen LogP contribution in [0, 0.1) is 11.6 Å². The topological polar surface area (TPSA) is 72.6 Å². The van der Waals surface area contributed by atoms with Gasteiger partial charge in [0.05, 0.1) is 22.8 Å². The molecule has 0 saturated heterocycles. The number of rotatable bonds is 2. The van der Waals surface area contributed by atoms with E-state index in [1.807, 2.05) is 0 Å². The SMILES string of the molecule is NC(=O)[C@H]1CN(C(=O)c2cc(F)c(F)cc2Cl)c2ccccc2O1. The number of hydrogen-bond donors (Lipinski definition) is 1. The highest BCUT2D eigenvalue weighted by atomic mass is 35.5. The molecule has 0 aliphatic carbocycles. The first kappa shape index (κ1) is 16.2. The number of nitrogens with two attached hydrogens (primary N) is 1. The molecule has 0 aromatic heterocycles. The summed E-state index contributed by atoms with van der Waals surface area (Å²) >= 11 is 5.86. The smallest absolute Gasteiger partial charge is 0.260 e. The molecule has 1 heterocycles. The van der Waals surface area contributed by atoms with Gasteiger partial charge in [-0.2, -0.15) is 0 Å². The second-order valence-corrected chi connectivity index (χ2v) is 5.55. The highest BCUT2D eigenvalue weighted by Crippen LogP contribution is 2.35. The van der Waals surface area contributed by atoms with Crippen LogP contribution in [-0.2, 0) is 4.79 Å². The van der Waals surface area contributed by atoms with Crippen molar-refractivity contribution >= 4 is 29.1 Å². The molecule has 2 aromatic carbocycles. The molecule has 0 fully saturated rings. The Morgan fingerprint density at radius 1 is 1.21 bits per heavy atom. The predicted octanol–water partition coefficient (Wildman–Crippen LogP) is 2.51. The third-order valence-electron chi connectivity index (χ3n) is 3.58. The van der Waals surface area contributed by atoms with Gasteiger partial charge in [0, 0.05) is 0 Å². The zero-order valence-corrected chi connectivity index (χ0v) is 12.9. The first-order valence-corrected chi connectivity index (χ1v) is 7.27. The van der Waals surface area contributed by atoms with Crippen LogP contribution in [0.25, 0.3) is 0 Å². The van der Waals surface area contributed by atoms with Gasteiger partial charge in [-0.3, -0.25) is 9.59 Å². The maximum absolute atomic E-state index is 13.5. The van der Waals surface area contributed by atoms with E-state index in [1.165, 1.54) is 4.90 Å². The molecule has 8 heteroatoms. The summed E-state index contributed by atoms with van der Waals surface area (Å²) in [6.07, 6.45) is -1.06. The summed E-state index contributed by atoms with van der Waals surface area (Å²) < 4.78 is 32.1. The van der Waals surface area contributed by atoms with E-state index in [9.17, 15) is 18.4 Å². The van der Waals surface area contributed by atoms with Gasteiger partial charge in [0.2, 0.25) is 0 Å². The van der Waals surface area contributed by atoms with Gasteiger partial charge in [0.25, 0.3) is 11.8 Å². The summed E-state index contributed by atoms with van der Waals surface area (Å²) in [4.78, 5) is 25.4. The number of anilines is 1. The number of hydrogen-bond acceptors (Lipinski definition) is 3. The van der Waals surface area contributed by atoms with Gasteiger partial charge in [-0.25, -0.2) is 8.78 Å². The van der Waals surface area contributed by atoms with Crippen LogP contribution in [0.4, 0.5) is 14.5 Å². The summed E-state index contributed by atoms with van der Waals surface area (Å²) in [6.45, 7) is -0.166. The Bertz CT molecular complexity index is 844. The monoisotopic (exact) mass is 352 g/mol. The molecular weight excluding hydrogens is 342 g/mol.